The first-order chi connectivity index (χ1) is 8.83. The van der Waals surface area contributed by atoms with E-state index in [-0.39, 0.29) is 0 Å². The van der Waals surface area contributed by atoms with Crippen LogP contribution in [-0.2, 0) is 0 Å². The van der Waals surface area contributed by atoms with Gasteiger partial charge in [0.1, 0.15) is 11.5 Å². The minimum absolute atomic E-state index is 0.341. The molecule has 0 saturated heterocycles. The first-order valence-corrected chi connectivity index (χ1v) is 5.69. The van der Waals surface area contributed by atoms with Crippen molar-refractivity contribution in [2.24, 2.45) is 0 Å². The van der Waals surface area contributed by atoms with Crippen molar-refractivity contribution in [1.29, 1.82) is 0 Å². The van der Waals surface area contributed by atoms with Crippen LogP contribution in [-0.4, -0.2) is 15.0 Å². The van der Waals surface area contributed by atoms with Gasteiger partial charge >= 0.3 is 0 Å². The number of ether oxygens (including phenoxy) is 1. The summed E-state index contributed by atoms with van der Waals surface area (Å²) in [6, 6.07) is 9.40. The van der Waals surface area contributed by atoms with Crippen molar-refractivity contribution in [3.63, 3.8) is 0 Å². The summed E-state index contributed by atoms with van der Waals surface area (Å²) < 4.78 is 5.67. The van der Waals surface area contributed by atoms with E-state index in [4.69, 9.17) is 16.3 Å². The minimum atomic E-state index is 0.341. The summed E-state index contributed by atoms with van der Waals surface area (Å²) in [5, 5.41) is 2.32. The monoisotopic (exact) mass is 257 g/mol. The molecule has 0 spiro atoms. The summed E-state index contributed by atoms with van der Waals surface area (Å²) in [6.07, 6.45) is 4.80. The Morgan fingerprint density at radius 3 is 2.83 bits per heavy atom. The third kappa shape index (κ3) is 2.10. The van der Waals surface area contributed by atoms with Gasteiger partial charge in [-0.3, -0.25) is 4.98 Å². The van der Waals surface area contributed by atoms with Crippen LogP contribution >= 0.6 is 11.6 Å². The second-order valence-corrected chi connectivity index (χ2v) is 4.03. The molecule has 88 valence electrons. The highest BCUT2D eigenvalue weighted by Crippen LogP contribution is 2.28. The molecular formula is C13H8ClN3O. The molecule has 0 unspecified atom stereocenters. The van der Waals surface area contributed by atoms with E-state index in [1.807, 2.05) is 24.3 Å². The van der Waals surface area contributed by atoms with Gasteiger partial charge in [-0.2, -0.15) is 0 Å². The third-order valence-corrected chi connectivity index (χ3v) is 2.66. The van der Waals surface area contributed by atoms with E-state index in [2.05, 4.69) is 15.0 Å². The van der Waals surface area contributed by atoms with Crippen LogP contribution in [0.5, 0.6) is 11.6 Å². The number of pyridine rings is 1. The van der Waals surface area contributed by atoms with Gasteiger partial charge < -0.3 is 4.74 Å². The van der Waals surface area contributed by atoms with Gasteiger partial charge in [0.15, 0.2) is 5.75 Å². The highest BCUT2D eigenvalue weighted by atomic mass is 35.5. The molecule has 4 nitrogen and oxygen atoms in total. The molecule has 0 fully saturated rings. The summed E-state index contributed by atoms with van der Waals surface area (Å²) in [5.41, 5.74) is 0. The fourth-order valence-electron chi connectivity index (χ4n) is 1.66. The molecule has 18 heavy (non-hydrogen) atoms. The molecule has 3 rings (SSSR count). The lowest BCUT2D eigenvalue weighted by molar-refractivity contribution is 0.465. The van der Waals surface area contributed by atoms with Gasteiger partial charge in [0, 0.05) is 23.0 Å². The van der Waals surface area contributed by atoms with Gasteiger partial charge in [0.25, 0.3) is 0 Å². The summed E-state index contributed by atoms with van der Waals surface area (Å²) in [7, 11) is 0. The second-order valence-electron chi connectivity index (χ2n) is 3.64. The Hall–Kier alpha value is -2.20. The Morgan fingerprint density at radius 1 is 1.06 bits per heavy atom. The van der Waals surface area contributed by atoms with Gasteiger partial charge in [-0.25, -0.2) is 9.97 Å². The number of hydrogen-bond donors (Lipinski definition) is 0. The summed E-state index contributed by atoms with van der Waals surface area (Å²) in [6.45, 7) is 0. The Labute approximate surface area is 108 Å². The van der Waals surface area contributed by atoms with Crippen LogP contribution in [0.2, 0.25) is 5.15 Å². The van der Waals surface area contributed by atoms with Gasteiger partial charge in [-0.05, 0) is 0 Å². The van der Waals surface area contributed by atoms with Crippen molar-refractivity contribution in [3.8, 4) is 11.6 Å². The molecular weight excluding hydrogens is 250 g/mol. The van der Waals surface area contributed by atoms with Crippen LogP contribution in [0.3, 0.4) is 0 Å². The van der Waals surface area contributed by atoms with E-state index < -0.39 is 0 Å². The summed E-state index contributed by atoms with van der Waals surface area (Å²) in [5.74, 6) is 1.04. The van der Waals surface area contributed by atoms with E-state index >= 15 is 0 Å². The molecule has 0 atom stereocenters. The van der Waals surface area contributed by atoms with Crippen molar-refractivity contribution in [1.82, 2.24) is 15.0 Å². The molecule has 0 radical (unpaired) electrons. The molecule has 1 aromatic carbocycles. The second kappa shape index (κ2) is 4.58. The molecule has 0 aliphatic rings. The lowest BCUT2D eigenvalue weighted by Gasteiger charge is -2.07. The van der Waals surface area contributed by atoms with Crippen molar-refractivity contribution in [2.75, 3.05) is 0 Å². The third-order valence-electron chi connectivity index (χ3n) is 2.45. The number of fused-ring (bicyclic) bond motifs is 1. The minimum Gasteiger partial charge on any atom is -0.437 e. The lowest BCUT2D eigenvalue weighted by Crippen LogP contribution is -1.90. The number of benzene rings is 1. The number of hydrogen-bond acceptors (Lipinski definition) is 4. The van der Waals surface area contributed by atoms with E-state index in [1.54, 1.807) is 18.5 Å². The first kappa shape index (κ1) is 10.9. The maximum atomic E-state index is 5.78. The zero-order chi connectivity index (χ0) is 12.4. The SMILES string of the molecule is Clc1cc(Oc2cncc3ccccc23)ncn1. The number of aromatic nitrogens is 3. The average Bonchev–Trinajstić information content (AvgIpc) is 2.39. The Kier molecular flexibility index (Phi) is 2.78. The Bertz CT molecular complexity index is 697. The van der Waals surface area contributed by atoms with Crippen molar-refractivity contribution >= 4 is 22.4 Å². The molecule has 3 aromatic rings. The topological polar surface area (TPSA) is 47.9 Å². The zero-order valence-corrected chi connectivity index (χ0v) is 10.0. The fourth-order valence-corrected chi connectivity index (χ4v) is 1.79. The van der Waals surface area contributed by atoms with E-state index in [9.17, 15) is 0 Å². The highest BCUT2D eigenvalue weighted by molar-refractivity contribution is 6.29. The fraction of sp³-hybridized carbons (Fsp3) is 0. The molecule has 0 amide bonds. The van der Waals surface area contributed by atoms with Crippen LogP contribution in [0.25, 0.3) is 10.8 Å². The molecule has 0 aliphatic carbocycles. The average molecular weight is 258 g/mol. The zero-order valence-electron chi connectivity index (χ0n) is 9.25. The van der Waals surface area contributed by atoms with Crippen LogP contribution in [0.1, 0.15) is 0 Å². The maximum Gasteiger partial charge on any atom is 0.223 e. The molecule has 0 N–H and O–H groups in total. The van der Waals surface area contributed by atoms with E-state index in [0.717, 1.165) is 10.8 Å². The van der Waals surface area contributed by atoms with Gasteiger partial charge in [0.2, 0.25) is 5.88 Å². The number of nitrogens with zero attached hydrogens (tertiary/aromatic N) is 3. The number of halogens is 1. The molecule has 0 saturated carbocycles. The van der Waals surface area contributed by atoms with E-state index in [0.29, 0.717) is 16.8 Å². The van der Waals surface area contributed by atoms with E-state index in [1.165, 1.54) is 6.33 Å². The first-order valence-electron chi connectivity index (χ1n) is 5.31. The van der Waals surface area contributed by atoms with Crippen molar-refractivity contribution < 1.29 is 4.74 Å². The molecule has 0 bridgehead atoms. The van der Waals surface area contributed by atoms with Crippen molar-refractivity contribution in [3.05, 3.63) is 54.2 Å². The molecule has 2 heterocycles. The van der Waals surface area contributed by atoms with Crippen molar-refractivity contribution in [2.45, 2.75) is 0 Å². The molecule has 0 aliphatic heterocycles. The van der Waals surface area contributed by atoms with Crippen LogP contribution < -0.4 is 4.74 Å². The Balaban J connectivity index is 2.05. The predicted molar refractivity (Wildman–Crippen MR) is 68.9 cm³/mol. The number of rotatable bonds is 2. The van der Waals surface area contributed by atoms with Gasteiger partial charge in [-0.15, -0.1) is 0 Å². The summed E-state index contributed by atoms with van der Waals surface area (Å²) >= 11 is 5.78. The standard InChI is InChI=1S/C13H8ClN3O/c14-12-5-13(17-8-16-12)18-11-7-15-6-9-3-1-2-4-10(9)11/h1-8H. The molecule has 2 aromatic heterocycles. The van der Waals surface area contributed by atoms with Crippen LogP contribution in [0.4, 0.5) is 0 Å². The quantitative estimate of drug-likeness (QED) is 0.660. The van der Waals surface area contributed by atoms with Gasteiger partial charge in [0.05, 0.1) is 6.20 Å². The highest BCUT2D eigenvalue weighted by Gasteiger charge is 2.05. The van der Waals surface area contributed by atoms with Gasteiger partial charge in [-0.1, -0.05) is 35.9 Å². The predicted octanol–water partition coefficient (Wildman–Crippen LogP) is 3.47. The smallest absolute Gasteiger partial charge is 0.223 e. The largest absolute Gasteiger partial charge is 0.437 e. The lowest BCUT2D eigenvalue weighted by atomic mass is 10.2. The van der Waals surface area contributed by atoms with Crippen LogP contribution in [0, 0.1) is 0 Å². The molecule has 5 heteroatoms. The summed E-state index contributed by atoms with van der Waals surface area (Å²) in [4.78, 5) is 11.9. The normalized spacial score (nSPS) is 10.5. The Morgan fingerprint density at radius 2 is 1.94 bits per heavy atom. The maximum absolute atomic E-state index is 5.78. The van der Waals surface area contributed by atoms with Crippen LogP contribution in [0.15, 0.2) is 49.1 Å².